The van der Waals surface area contributed by atoms with Crippen LogP contribution in [-0.4, -0.2) is 18.0 Å². The van der Waals surface area contributed by atoms with Gasteiger partial charge in [0, 0.05) is 5.56 Å². The molecule has 0 saturated carbocycles. The maximum Gasteiger partial charge on any atom is 0.343 e. The second kappa shape index (κ2) is 10.1. The molecule has 4 aromatic rings. The first-order valence-electron chi connectivity index (χ1n) is 11.0. The van der Waals surface area contributed by atoms with Crippen LogP contribution >= 0.6 is 0 Å². The minimum atomic E-state index is -0.434. The van der Waals surface area contributed by atoms with Gasteiger partial charge < -0.3 is 9.47 Å². The van der Waals surface area contributed by atoms with Gasteiger partial charge in [-0.3, -0.25) is 0 Å². The normalized spacial score (nSPS) is 10.5. The molecule has 0 amide bonds. The number of carbonyl (C=O) groups is 2. The van der Waals surface area contributed by atoms with E-state index in [0.717, 1.165) is 27.5 Å². The second-order valence-electron chi connectivity index (χ2n) is 8.10. The number of esters is 2. The Labute approximate surface area is 199 Å². The summed E-state index contributed by atoms with van der Waals surface area (Å²) in [7, 11) is 0. The standard InChI is InChI=1S/C30H24O4/c1-4-5-21-6-8-22(9-7-21)23-10-12-24(13-11-23)29(31)34-28-17-16-25-18-27(15-14-26(25)19-28)30(32)33-20(2)3/h6-20H,1-3H3. The predicted molar refractivity (Wildman–Crippen MR) is 134 cm³/mol. The molecule has 0 radical (unpaired) electrons. The van der Waals surface area contributed by atoms with Crippen molar-refractivity contribution in [3.8, 4) is 28.7 Å². The molecule has 0 atom stereocenters. The Hall–Kier alpha value is -4.36. The van der Waals surface area contributed by atoms with Gasteiger partial charge >= 0.3 is 11.9 Å². The van der Waals surface area contributed by atoms with Crippen molar-refractivity contribution in [2.75, 3.05) is 0 Å². The summed E-state index contributed by atoms with van der Waals surface area (Å²) in [6.45, 7) is 5.44. The Bertz CT molecular complexity index is 1400. The number of carbonyl (C=O) groups excluding carboxylic acids is 2. The van der Waals surface area contributed by atoms with Gasteiger partial charge in [0.2, 0.25) is 0 Å². The summed E-state index contributed by atoms with van der Waals surface area (Å²) in [5.74, 6) is 5.56. The summed E-state index contributed by atoms with van der Waals surface area (Å²) in [5.41, 5.74) is 3.97. The molecule has 4 nitrogen and oxygen atoms in total. The first kappa shape index (κ1) is 22.8. The molecule has 0 spiro atoms. The average Bonchev–Trinajstić information content (AvgIpc) is 2.84. The van der Waals surface area contributed by atoms with Crippen molar-refractivity contribution in [3.05, 3.63) is 102 Å². The number of benzene rings is 4. The van der Waals surface area contributed by atoms with Crippen molar-refractivity contribution in [3.63, 3.8) is 0 Å². The zero-order chi connectivity index (χ0) is 24.1. The van der Waals surface area contributed by atoms with Crippen LogP contribution in [0.25, 0.3) is 21.9 Å². The summed E-state index contributed by atoms with van der Waals surface area (Å²) >= 11 is 0. The Morgan fingerprint density at radius 3 is 1.94 bits per heavy atom. The molecule has 0 heterocycles. The third-order valence-electron chi connectivity index (χ3n) is 5.21. The van der Waals surface area contributed by atoms with Crippen molar-refractivity contribution in [1.29, 1.82) is 0 Å². The highest BCUT2D eigenvalue weighted by molar-refractivity contribution is 5.96. The van der Waals surface area contributed by atoms with E-state index in [9.17, 15) is 9.59 Å². The van der Waals surface area contributed by atoms with E-state index < -0.39 is 5.97 Å². The van der Waals surface area contributed by atoms with Crippen molar-refractivity contribution in [2.45, 2.75) is 26.9 Å². The van der Waals surface area contributed by atoms with E-state index in [0.29, 0.717) is 16.9 Å². The van der Waals surface area contributed by atoms with Gasteiger partial charge in [-0.1, -0.05) is 42.3 Å². The summed E-state index contributed by atoms with van der Waals surface area (Å²) in [6, 6.07) is 25.9. The molecule has 168 valence electrons. The summed E-state index contributed by atoms with van der Waals surface area (Å²) < 4.78 is 10.8. The van der Waals surface area contributed by atoms with Crippen molar-refractivity contribution >= 4 is 22.7 Å². The summed E-state index contributed by atoms with van der Waals surface area (Å²) in [5, 5.41) is 1.72. The molecule has 0 aliphatic rings. The SMILES string of the molecule is CC#Cc1ccc(-c2ccc(C(=O)Oc3ccc4cc(C(=O)OC(C)C)ccc4c3)cc2)cc1. The molecule has 0 aliphatic heterocycles. The van der Waals surface area contributed by atoms with E-state index in [1.807, 2.05) is 69.3 Å². The molecule has 0 fully saturated rings. The minimum Gasteiger partial charge on any atom is -0.459 e. The zero-order valence-corrected chi connectivity index (χ0v) is 19.3. The highest BCUT2D eigenvalue weighted by Gasteiger charge is 2.12. The number of hydrogen-bond acceptors (Lipinski definition) is 4. The van der Waals surface area contributed by atoms with Gasteiger partial charge in [0.1, 0.15) is 5.75 Å². The molecular formula is C30H24O4. The molecule has 0 aliphatic carbocycles. The third kappa shape index (κ3) is 5.33. The number of hydrogen-bond donors (Lipinski definition) is 0. The van der Waals surface area contributed by atoms with Gasteiger partial charge in [0.05, 0.1) is 17.2 Å². The molecule has 4 heteroatoms. The first-order valence-corrected chi connectivity index (χ1v) is 11.0. The second-order valence-corrected chi connectivity index (χ2v) is 8.10. The monoisotopic (exact) mass is 448 g/mol. The predicted octanol–water partition coefficient (Wildman–Crippen LogP) is 6.66. The van der Waals surface area contributed by atoms with Crippen LogP contribution in [0.5, 0.6) is 5.75 Å². The van der Waals surface area contributed by atoms with Gasteiger partial charge in [0.25, 0.3) is 0 Å². The van der Waals surface area contributed by atoms with E-state index >= 15 is 0 Å². The van der Waals surface area contributed by atoms with Crippen LogP contribution in [-0.2, 0) is 4.74 Å². The summed E-state index contributed by atoms with van der Waals surface area (Å²) in [4.78, 5) is 24.8. The fourth-order valence-corrected chi connectivity index (χ4v) is 3.55. The molecule has 0 bridgehead atoms. The molecule has 0 unspecified atom stereocenters. The molecule has 0 saturated heterocycles. The van der Waals surface area contributed by atoms with Gasteiger partial charge in [-0.2, -0.15) is 0 Å². The molecule has 34 heavy (non-hydrogen) atoms. The minimum absolute atomic E-state index is 0.180. The topological polar surface area (TPSA) is 52.6 Å². The Morgan fingerprint density at radius 1 is 0.706 bits per heavy atom. The lowest BCUT2D eigenvalue weighted by Gasteiger charge is -2.09. The van der Waals surface area contributed by atoms with Gasteiger partial charge in [-0.25, -0.2) is 9.59 Å². The smallest absolute Gasteiger partial charge is 0.343 e. The Kier molecular flexibility index (Phi) is 6.75. The van der Waals surface area contributed by atoms with Gasteiger partial charge in [-0.05, 0) is 91.2 Å². The van der Waals surface area contributed by atoms with Crippen LogP contribution in [0.1, 0.15) is 47.1 Å². The maximum atomic E-state index is 12.7. The lowest BCUT2D eigenvalue weighted by molar-refractivity contribution is 0.0378. The van der Waals surface area contributed by atoms with E-state index in [4.69, 9.17) is 9.47 Å². The summed E-state index contributed by atoms with van der Waals surface area (Å²) in [6.07, 6.45) is -0.180. The Morgan fingerprint density at radius 2 is 1.29 bits per heavy atom. The highest BCUT2D eigenvalue weighted by Crippen LogP contribution is 2.24. The van der Waals surface area contributed by atoms with Crippen molar-refractivity contribution in [2.24, 2.45) is 0 Å². The fraction of sp³-hybridized carbons (Fsp3) is 0.133. The van der Waals surface area contributed by atoms with Crippen LogP contribution in [0.4, 0.5) is 0 Å². The Balaban J connectivity index is 1.46. The first-order chi connectivity index (χ1) is 16.4. The molecule has 4 aromatic carbocycles. The number of ether oxygens (including phenoxy) is 2. The van der Waals surface area contributed by atoms with Crippen molar-refractivity contribution in [1.82, 2.24) is 0 Å². The lowest BCUT2D eigenvalue weighted by atomic mass is 10.0. The van der Waals surface area contributed by atoms with Gasteiger partial charge in [0.15, 0.2) is 0 Å². The van der Waals surface area contributed by atoms with Crippen LogP contribution < -0.4 is 4.74 Å². The zero-order valence-electron chi connectivity index (χ0n) is 19.3. The van der Waals surface area contributed by atoms with Crippen molar-refractivity contribution < 1.29 is 19.1 Å². The van der Waals surface area contributed by atoms with Crippen LogP contribution in [0.15, 0.2) is 84.9 Å². The van der Waals surface area contributed by atoms with Crippen LogP contribution in [0.3, 0.4) is 0 Å². The van der Waals surface area contributed by atoms with E-state index in [1.165, 1.54) is 0 Å². The maximum absolute atomic E-state index is 12.7. The number of fused-ring (bicyclic) bond motifs is 1. The third-order valence-corrected chi connectivity index (χ3v) is 5.21. The molecule has 4 rings (SSSR count). The molecular weight excluding hydrogens is 424 g/mol. The van der Waals surface area contributed by atoms with Crippen LogP contribution in [0.2, 0.25) is 0 Å². The largest absolute Gasteiger partial charge is 0.459 e. The lowest BCUT2D eigenvalue weighted by Crippen LogP contribution is -2.11. The van der Waals surface area contributed by atoms with E-state index in [1.54, 1.807) is 36.4 Å². The highest BCUT2D eigenvalue weighted by atomic mass is 16.5. The molecule has 0 N–H and O–H groups in total. The van der Waals surface area contributed by atoms with E-state index in [2.05, 4.69) is 11.8 Å². The fourth-order valence-electron chi connectivity index (χ4n) is 3.55. The quantitative estimate of drug-likeness (QED) is 0.195. The van der Waals surface area contributed by atoms with Gasteiger partial charge in [-0.15, -0.1) is 5.92 Å². The number of rotatable bonds is 5. The average molecular weight is 449 g/mol. The van der Waals surface area contributed by atoms with Crippen LogP contribution in [0, 0.1) is 11.8 Å². The van der Waals surface area contributed by atoms with E-state index in [-0.39, 0.29) is 12.1 Å². The molecule has 0 aromatic heterocycles.